The van der Waals surface area contributed by atoms with Crippen LogP contribution in [-0.2, 0) is 6.18 Å². The predicted octanol–water partition coefficient (Wildman–Crippen LogP) is 5.62. The molecule has 2 heterocycles. The van der Waals surface area contributed by atoms with Crippen molar-refractivity contribution in [1.29, 1.82) is 5.26 Å². The van der Waals surface area contributed by atoms with Crippen LogP contribution in [-0.4, -0.2) is 10.2 Å². The number of allylic oxidation sites excluding steroid dienone is 1. The van der Waals surface area contributed by atoms with Gasteiger partial charge < -0.3 is 10.5 Å². The number of nitrogens with one attached hydrogen (secondary N) is 1. The van der Waals surface area contributed by atoms with Crippen LogP contribution in [0.4, 0.5) is 13.2 Å². The Morgan fingerprint density at radius 2 is 1.90 bits per heavy atom. The third-order valence-electron chi connectivity index (χ3n) is 4.69. The molecule has 3 aromatic rings. The SMILES string of the molecule is N#CC1=C(N)Oc2n[nH]c(-c3ccc(Cl)c(Cl)c3)c2C1c1cccc(C(F)(F)F)c1. The van der Waals surface area contributed by atoms with Crippen molar-refractivity contribution >= 4 is 23.2 Å². The summed E-state index contributed by atoms with van der Waals surface area (Å²) in [5.41, 5.74) is 6.58. The number of alkyl halides is 3. The molecule has 5 nitrogen and oxygen atoms in total. The zero-order valence-corrected chi connectivity index (χ0v) is 16.4. The van der Waals surface area contributed by atoms with Gasteiger partial charge in [0.15, 0.2) is 0 Å². The van der Waals surface area contributed by atoms with Gasteiger partial charge in [0.1, 0.15) is 11.6 Å². The first-order valence-corrected chi connectivity index (χ1v) is 9.24. The quantitative estimate of drug-likeness (QED) is 0.530. The second kappa shape index (κ2) is 7.27. The molecule has 4 rings (SSSR count). The Balaban J connectivity index is 1.95. The predicted molar refractivity (Wildman–Crippen MR) is 105 cm³/mol. The second-order valence-corrected chi connectivity index (χ2v) is 7.31. The highest BCUT2D eigenvalue weighted by Gasteiger charge is 2.37. The molecular weight excluding hydrogens is 440 g/mol. The van der Waals surface area contributed by atoms with Crippen LogP contribution in [0.3, 0.4) is 0 Å². The number of fused-ring (bicyclic) bond motifs is 1. The van der Waals surface area contributed by atoms with Gasteiger partial charge in [0.05, 0.1) is 32.8 Å². The summed E-state index contributed by atoms with van der Waals surface area (Å²) in [4.78, 5) is 0. The van der Waals surface area contributed by atoms with Crippen LogP contribution in [0.15, 0.2) is 53.9 Å². The Morgan fingerprint density at radius 1 is 1.13 bits per heavy atom. The molecular formula is C20H11Cl2F3N4O. The van der Waals surface area contributed by atoms with E-state index in [0.717, 1.165) is 12.1 Å². The number of hydrogen-bond acceptors (Lipinski definition) is 4. The van der Waals surface area contributed by atoms with Gasteiger partial charge in [-0.1, -0.05) is 47.5 Å². The molecule has 0 spiro atoms. The average molecular weight is 451 g/mol. The molecule has 1 unspecified atom stereocenters. The first kappa shape index (κ1) is 20.1. The second-order valence-electron chi connectivity index (χ2n) is 6.49. The van der Waals surface area contributed by atoms with E-state index in [1.54, 1.807) is 18.2 Å². The van der Waals surface area contributed by atoms with Crippen molar-refractivity contribution in [2.24, 2.45) is 5.73 Å². The van der Waals surface area contributed by atoms with Gasteiger partial charge in [-0.2, -0.15) is 18.4 Å². The number of halogens is 5. The van der Waals surface area contributed by atoms with Crippen LogP contribution >= 0.6 is 23.2 Å². The first-order valence-electron chi connectivity index (χ1n) is 8.49. The van der Waals surface area contributed by atoms with Crippen LogP contribution in [0.2, 0.25) is 10.0 Å². The highest BCUT2D eigenvalue weighted by atomic mass is 35.5. The fourth-order valence-corrected chi connectivity index (χ4v) is 3.64. The summed E-state index contributed by atoms with van der Waals surface area (Å²) in [7, 11) is 0. The van der Waals surface area contributed by atoms with Gasteiger partial charge in [0, 0.05) is 5.56 Å². The van der Waals surface area contributed by atoms with Gasteiger partial charge in [0.25, 0.3) is 0 Å². The van der Waals surface area contributed by atoms with Crippen LogP contribution in [0, 0.1) is 11.3 Å². The Bertz CT molecular complexity index is 1230. The van der Waals surface area contributed by atoms with E-state index in [4.69, 9.17) is 33.7 Å². The minimum atomic E-state index is -4.55. The van der Waals surface area contributed by atoms with E-state index >= 15 is 0 Å². The van der Waals surface area contributed by atoms with Crippen molar-refractivity contribution in [1.82, 2.24) is 10.2 Å². The number of ether oxygens (including phenoxy) is 1. The van der Waals surface area contributed by atoms with Gasteiger partial charge in [-0.3, -0.25) is 5.10 Å². The molecule has 0 saturated heterocycles. The Hall–Kier alpha value is -3.15. The standard InChI is InChI=1S/C20H11Cl2F3N4O/c21-13-5-4-10(7-14(13)22)17-16-15(9-2-1-3-11(6-9)20(23,24)25)12(8-26)18(27)30-19(16)29-28-17/h1-7,15H,27H2,(H,28,29). The van der Waals surface area contributed by atoms with Crippen LogP contribution in [0.5, 0.6) is 5.88 Å². The number of aromatic nitrogens is 2. The molecule has 3 N–H and O–H groups in total. The number of hydrogen-bond donors (Lipinski definition) is 2. The first-order chi connectivity index (χ1) is 14.2. The van der Waals surface area contributed by atoms with Gasteiger partial charge in [0.2, 0.25) is 11.8 Å². The van der Waals surface area contributed by atoms with E-state index in [2.05, 4.69) is 10.2 Å². The summed E-state index contributed by atoms with van der Waals surface area (Å²) in [5, 5.41) is 17.2. The topological polar surface area (TPSA) is 87.7 Å². The molecule has 10 heteroatoms. The number of nitriles is 1. The van der Waals surface area contributed by atoms with Gasteiger partial charge in [-0.15, -0.1) is 5.10 Å². The molecule has 2 aromatic carbocycles. The Labute approximate surface area is 178 Å². The normalized spacial score (nSPS) is 16.1. The summed E-state index contributed by atoms with van der Waals surface area (Å²) in [5.74, 6) is -1.08. The zero-order valence-electron chi connectivity index (χ0n) is 14.9. The zero-order chi connectivity index (χ0) is 21.6. The molecule has 1 aliphatic heterocycles. The van der Waals surface area contributed by atoms with Crippen molar-refractivity contribution < 1.29 is 17.9 Å². The van der Waals surface area contributed by atoms with E-state index in [0.29, 0.717) is 21.8 Å². The van der Waals surface area contributed by atoms with Gasteiger partial charge >= 0.3 is 6.18 Å². The van der Waals surface area contributed by atoms with Gasteiger partial charge in [-0.25, -0.2) is 0 Å². The lowest BCUT2D eigenvalue weighted by atomic mass is 9.82. The minimum Gasteiger partial charge on any atom is -0.420 e. The lowest BCUT2D eigenvalue weighted by Gasteiger charge is -2.24. The molecule has 0 fully saturated rings. The summed E-state index contributed by atoms with van der Waals surface area (Å²) >= 11 is 12.1. The Kier molecular flexibility index (Phi) is 4.88. The maximum atomic E-state index is 13.3. The lowest BCUT2D eigenvalue weighted by molar-refractivity contribution is -0.137. The number of aromatic amines is 1. The molecule has 0 aliphatic carbocycles. The maximum absolute atomic E-state index is 13.3. The van der Waals surface area contributed by atoms with Crippen molar-refractivity contribution in [3.05, 3.63) is 80.7 Å². The van der Waals surface area contributed by atoms with Crippen molar-refractivity contribution in [2.75, 3.05) is 0 Å². The van der Waals surface area contributed by atoms with Crippen LogP contribution in [0.25, 0.3) is 11.3 Å². The molecule has 152 valence electrons. The van der Waals surface area contributed by atoms with E-state index in [9.17, 15) is 18.4 Å². The van der Waals surface area contributed by atoms with Crippen LogP contribution < -0.4 is 10.5 Å². The lowest BCUT2D eigenvalue weighted by Crippen LogP contribution is -2.21. The monoisotopic (exact) mass is 450 g/mol. The number of nitrogens with two attached hydrogens (primary N) is 1. The highest BCUT2D eigenvalue weighted by Crippen LogP contribution is 2.46. The molecule has 0 bridgehead atoms. The highest BCUT2D eigenvalue weighted by molar-refractivity contribution is 6.42. The Morgan fingerprint density at radius 3 is 2.57 bits per heavy atom. The third-order valence-corrected chi connectivity index (χ3v) is 5.43. The molecule has 1 atom stereocenters. The molecule has 0 saturated carbocycles. The molecule has 30 heavy (non-hydrogen) atoms. The summed E-state index contributed by atoms with van der Waals surface area (Å²) in [6.07, 6.45) is -4.55. The number of rotatable bonds is 2. The van der Waals surface area contributed by atoms with Crippen molar-refractivity contribution in [3.8, 4) is 23.2 Å². The average Bonchev–Trinajstić information content (AvgIpc) is 3.11. The largest absolute Gasteiger partial charge is 0.420 e. The third kappa shape index (κ3) is 3.36. The molecule has 0 amide bonds. The van der Waals surface area contributed by atoms with Crippen molar-refractivity contribution in [2.45, 2.75) is 12.1 Å². The summed E-state index contributed by atoms with van der Waals surface area (Å²) in [6, 6.07) is 11.5. The number of H-pyrrole nitrogens is 1. The summed E-state index contributed by atoms with van der Waals surface area (Å²) in [6.45, 7) is 0. The molecule has 1 aromatic heterocycles. The van der Waals surface area contributed by atoms with Crippen molar-refractivity contribution in [3.63, 3.8) is 0 Å². The van der Waals surface area contributed by atoms with E-state index in [-0.39, 0.29) is 27.9 Å². The fraction of sp³-hybridized carbons (Fsp3) is 0.100. The minimum absolute atomic E-state index is 0.0236. The van der Waals surface area contributed by atoms with Crippen LogP contribution in [0.1, 0.15) is 22.6 Å². The fourth-order valence-electron chi connectivity index (χ4n) is 3.34. The smallest absolute Gasteiger partial charge is 0.416 e. The van der Waals surface area contributed by atoms with Gasteiger partial charge in [-0.05, 0) is 23.8 Å². The number of nitrogens with zero attached hydrogens (tertiary/aromatic N) is 2. The molecule has 0 radical (unpaired) electrons. The number of benzene rings is 2. The summed E-state index contributed by atoms with van der Waals surface area (Å²) < 4.78 is 45.3. The van der Waals surface area contributed by atoms with E-state index in [1.165, 1.54) is 12.1 Å². The van der Waals surface area contributed by atoms with E-state index in [1.807, 2.05) is 6.07 Å². The maximum Gasteiger partial charge on any atom is 0.416 e. The molecule has 1 aliphatic rings. The van der Waals surface area contributed by atoms with E-state index < -0.39 is 17.7 Å².